The lowest BCUT2D eigenvalue weighted by molar-refractivity contribution is -0.117. The van der Waals surface area contributed by atoms with Crippen LogP contribution in [0.1, 0.15) is 45.7 Å². The Kier molecular flexibility index (Phi) is 12.3. The lowest BCUT2D eigenvalue weighted by atomic mass is 10.1. The Labute approximate surface area is 279 Å². The number of amides is 2. The van der Waals surface area contributed by atoms with E-state index in [-0.39, 0.29) is 17.0 Å². The Morgan fingerprint density at radius 1 is 0.750 bits per heavy atom. The summed E-state index contributed by atoms with van der Waals surface area (Å²) < 4.78 is 21.7. The predicted molar refractivity (Wildman–Crippen MR) is 185 cm³/mol. The van der Waals surface area contributed by atoms with Crippen LogP contribution < -0.4 is 34.6 Å². The average molecular weight is 651 g/mol. The molecule has 0 aromatic heterocycles. The van der Waals surface area contributed by atoms with Crippen molar-refractivity contribution in [2.24, 2.45) is 5.10 Å². The number of nitrogens with zero attached hydrogens (tertiary/aromatic N) is 2. The highest BCUT2D eigenvalue weighted by atomic mass is 16.5. The van der Waals surface area contributed by atoms with Gasteiger partial charge in [0.15, 0.2) is 11.5 Å². The Morgan fingerprint density at radius 3 is 1.98 bits per heavy atom. The number of para-hydroxylation sites is 1. The van der Waals surface area contributed by atoms with Crippen molar-refractivity contribution in [3.05, 3.63) is 119 Å². The van der Waals surface area contributed by atoms with Gasteiger partial charge >= 0.3 is 5.97 Å². The monoisotopic (exact) mass is 650 g/mol. The number of hydrazone groups is 1. The van der Waals surface area contributed by atoms with Crippen LogP contribution >= 0.6 is 0 Å². The molecule has 4 aromatic carbocycles. The summed E-state index contributed by atoms with van der Waals surface area (Å²) in [4.78, 5) is 41.7. The maximum Gasteiger partial charge on any atom is 0.343 e. The Morgan fingerprint density at radius 2 is 1.38 bits per heavy atom. The van der Waals surface area contributed by atoms with Gasteiger partial charge in [-0.2, -0.15) is 5.10 Å². The zero-order valence-corrected chi connectivity index (χ0v) is 27.5. The summed E-state index contributed by atoms with van der Waals surface area (Å²) in [6.45, 7) is 5.88. The van der Waals surface area contributed by atoms with Gasteiger partial charge in [0.25, 0.3) is 11.8 Å². The molecular formula is C37H38N4O7. The van der Waals surface area contributed by atoms with Gasteiger partial charge in [-0.05, 0) is 74.0 Å². The molecule has 2 N–H and O–H groups in total. The van der Waals surface area contributed by atoms with Crippen LogP contribution in [0.2, 0.25) is 0 Å². The second kappa shape index (κ2) is 17.0. The molecule has 0 aliphatic carbocycles. The molecule has 0 heterocycles. The predicted octanol–water partition coefficient (Wildman–Crippen LogP) is 5.70. The smallest absolute Gasteiger partial charge is 0.343 e. The molecule has 0 atom stereocenters. The van der Waals surface area contributed by atoms with Crippen LogP contribution in [-0.2, 0) is 4.79 Å². The third-order valence-electron chi connectivity index (χ3n) is 7.25. The first-order valence-electron chi connectivity index (χ1n) is 15.2. The molecule has 0 unspecified atom stereocenters. The number of methoxy groups -OCH3 is 3. The van der Waals surface area contributed by atoms with Crippen LogP contribution in [0, 0.1) is 0 Å². The summed E-state index contributed by atoms with van der Waals surface area (Å²) in [7, 11) is 4.36. The number of anilines is 1. The Bertz CT molecular complexity index is 1760. The number of benzene rings is 4. The molecule has 0 fully saturated rings. The van der Waals surface area contributed by atoms with E-state index in [1.807, 2.05) is 24.3 Å². The molecule has 4 rings (SSSR count). The van der Waals surface area contributed by atoms with E-state index in [9.17, 15) is 14.4 Å². The number of carbonyl (C=O) groups is 3. The molecule has 0 saturated heterocycles. The summed E-state index contributed by atoms with van der Waals surface area (Å²) in [6, 6.07) is 25.9. The van der Waals surface area contributed by atoms with Crippen molar-refractivity contribution in [1.82, 2.24) is 10.7 Å². The van der Waals surface area contributed by atoms with Crippen LogP contribution in [0.5, 0.6) is 23.0 Å². The van der Waals surface area contributed by atoms with E-state index in [1.165, 1.54) is 39.7 Å². The van der Waals surface area contributed by atoms with Gasteiger partial charge in [0, 0.05) is 29.9 Å². The van der Waals surface area contributed by atoms with E-state index in [2.05, 4.69) is 34.6 Å². The van der Waals surface area contributed by atoms with E-state index in [0.29, 0.717) is 33.9 Å². The fourth-order valence-corrected chi connectivity index (χ4v) is 4.74. The second-order valence-electron chi connectivity index (χ2n) is 10.2. The summed E-state index contributed by atoms with van der Waals surface area (Å²) in [5.74, 6) is -0.672. The summed E-state index contributed by atoms with van der Waals surface area (Å²) in [6.07, 6.45) is 2.91. The number of carbonyl (C=O) groups excluding carboxylic acids is 3. The molecule has 0 radical (unpaired) electrons. The third-order valence-corrected chi connectivity index (χ3v) is 7.25. The van der Waals surface area contributed by atoms with Crippen molar-refractivity contribution in [2.75, 3.05) is 39.3 Å². The lowest BCUT2D eigenvalue weighted by Crippen LogP contribution is -2.32. The minimum Gasteiger partial charge on any atom is -0.493 e. The van der Waals surface area contributed by atoms with Crippen molar-refractivity contribution in [2.45, 2.75) is 13.8 Å². The molecule has 248 valence electrons. The highest BCUT2D eigenvalue weighted by Gasteiger charge is 2.19. The molecule has 48 heavy (non-hydrogen) atoms. The first-order chi connectivity index (χ1) is 23.3. The molecule has 11 nitrogen and oxygen atoms in total. The quantitative estimate of drug-likeness (QED) is 0.0585. The van der Waals surface area contributed by atoms with E-state index >= 15 is 0 Å². The van der Waals surface area contributed by atoms with Crippen molar-refractivity contribution < 1.29 is 33.3 Å². The summed E-state index contributed by atoms with van der Waals surface area (Å²) in [5.41, 5.74) is 5.16. The minimum absolute atomic E-state index is 0.0151. The lowest BCUT2D eigenvalue weighted by Gasteiger charge is -2.21. The Hall–Kier alpha value is -6.10. The van der Waals surface area contributed by atoms with E-state index in [4.69, 9.17) is 18.9 Å². The van der Waals surface area contributed by atoms with Gasteiger partial charge in [-0.1, -0.05) is 42.5 Å². The van der Waals surface area contributed by atoms with Crippen LogP contribution in [0.15, 0.2) is 102 Å². The number of ether oxygens (including phenoxy) is 4. The zero-order valence-electron chi connectivity index (χ0n) is 27.5. The number of nitrogens with one attached hydrogen (secondary N) is 2. The van der Waals surface area contributed by atoms with Gasteiger partial charge in [-0.25, -0.2) is 10.2 Å². The van der Waals surface area contributed by atoms with Gasteiger partial charge < -0.3 is 29.2 Å². The number of hydrogen-bond donors (Lipinski definition) is 2. The molecule has 0 aliphatic rings. The fourth-order valence-electron chi connectivity index (χ4n) is 4.74. The normalized spacial score (nSPS) is 11.1. The number of esters is 1. The highest BCUT2D eigenvalue weighted by Crippen LogP contribution is 2.38. The number of hydrogen-bond acceptors (Lipinski definition) is 9. The molecule has 0 saturated carbocycles. The fraction of sp³-hybridized carbons (Fsp3) is 0.189. The van der Waals surface area contributed by atoms with Gasteiger partial charge in [0.1, 0.15) is 11.4 Å². The average Bonchev–Trinajstić information content (AvgIpc) is 3.12. The largest absolute Gasteiger partial charge is 0.493 e. The zero-order chi connectivity index (χ0) is 34.5. The molecule has 4 aromatic rings. The van der Waals surface area contributed by atoms with E-state index in [0.717, 1.165) is 18.8 Å². The standard InChI is InChI=1S/C37H38N4O7/c1-6-41(7-2)29-19-17-25(18-20-29)21-30(39-35(42)26-13-9-8-10-14-26)36(43)40-38-24-27-15-11-12-16-31(27)48-37(44)28-22-32(45-3)34(47-5)33(23-28)46-4/h8-24H,6-7H2,1-5H3,(H,39,42)(H,40,43). The van der Waals surface area contributed by atoms with Crippen LogP contribution in [0.4, 0.5) is 5.69 Å². The van der Waals surface area contributed by atoms with Gasteiger partial charge in [0.2, 0.25) is 5.75 Å². The highest BCUT2D eigenvalue weighted by molar-refractivity contribution is 6.05. The molecule has 0 aliphatic heterocycles. The van der Waals surface area contributed by atoms with Crippen LogP contribution in [0.25, 0.3) is 6.08 Å². The van der Waals surface area contributed by atoms with Crippen molar-refractivity contribution in [3.63, 3.8) is 0 Å². The molecule has 0 bridgehead atoms. The van der Waals surface area contributed by atoms with Crippen molar-refractivity contribution in [3.8, 4) is 23.0 Å². The van der Waals surface area contributed by atoms with Gasteiger partial charge in [-0.15, -0.1) is 0 Å². The summed E-state index contributed by atoms with van der Waals surface area (Å²) >= 11 is 0. The van der Waals surface area contributed by atoms with Crippen molar-refractivity contribution >= 4 is 35.8 Å². The molecule has 0 spiro atoms. The van der Waals surface area contributed by atoms with Crippen molar-refractivity contribution in [1.29, 1.82) is 0 Å². The topological polar surface area (TPSA) is 128 Å². The van der Waals surface area contributed by atoms with Gasteiger partial charge in [-0.3, -0.25) is 9.59 Å². The first kappa shape index (κ1) is 34.8. The third kappa shape index (κ3) is 8.79. The summed E-state index contributed by atoms with van der Waals surface area (Å²) in [5, 5.41) is 6.79. The first-order valence-corrected chi connectivity index (χ1v) is 15.2. The molecule has 11 heteroatoms. The maximum absolute atomic E-state index is 13.4. The number of rotatable bonds is 14. The van der Waals surface area contributed by atoms with Gasteiger partial charge in [0.05, 0.1) is 33.1 Å². The van der Waals surface area contributed by atoms with E-state index < -0.39 is 17.8 Å². The van der Waals surface area contributed by atoms with Crippen LogP contribution in [0.3, 0.4) is 0 Å². The van der Waals surface area contributed by atoms with Crippen LogP contribution in [-0.4, -0.2) is 58.4 Å². The minimum atomic E-state index is -0.681. The van der Waals surface area contributed by atoms with E-state index in [1.54, 1.807) is 60.7 Å². The maximum atomic E-state index is 13.4. The molecule has 2 amide bonds. The Balaban J connectivity index is 1.54. The molecular weight excluding hydrogens is 612 g/mol. The SMILES string of the molecule is CCN(CC)c1ccc(C=C(NC(=O)c2ccccc2)C(=O)NN=Cc2ccccc2OC(=O)c2cc(OC)c(OC)c(OC)c2)cc1. The second-order valence-corrected chi connectivity index (χ2v) is 10.2.